The number of rotatable bonds is 4. The van der Waals surface area contributed by atoms with Crippen molar-refractivity contribution in [3.8, 4) is 17.2 Å². The molecule has 0 N–H and O–H groups in total. The lowest BCUT2D eigenvalue weighted by Gasteiger charge is -2.08. The zero-order valence-electron chi connectivity index (χ0n) is 10.3. The SMILES string of the molecule is Cn1ccc(COc2cc3c(cc2C=O)OCO3)n1. The third-order valence-corrected chi connectivity index (χ3v) is 2.78. The molecule has 0 unspecified atom stereocenters. The van der Waals surface area contributed by atoms with Gasteiger partial charge in [-0.3, -0.25) is 9.48 Å². The Morgan fingerprint density at radius 1 is 1.42 bits per heavy atom. The minimum atomic E-state index is 0.164. The van der Waals surface area contributed by atoms with E-state index in [0.29, 0.717) is 29.4 Å². The predicted octanol–water partition coefficient (Wildman–Crippen LogP) is 1.54. The molecule has 1 aromatic carbocycles. The number of carbonyl (C=O) groups is 1. The van der Waals surface area contributed by atoms with Crippen LogP contribution in [0.15, 0.2) is 24.4 Å². The molecule has 19 heavy (non-hydrogen) atoms. The van der Waals surface area contributed by atoms with Crippen molar-refractivity contribution in [3.05, 3.63) is 35.7 Å². The van der Waals surface area contributed by atoms with Crippen molar-refractivity contribution < 1.29 is 19.0 Å². The first-order valence-corrected chi connectivity index (χ1v) is 5.76. The quantitative estimate of drug-likeness (QED) is 0.780. The van der Waals surface area contributed by atoms with Crippen LogP contribution in [0.4, 0.5) is 0 Å². The lowest BCUT2D eigenvalue weighted by atomic mass is 10.2. The van der Waals surface area contributed by atoms with Crippen molar-refractivity contribution in [1.29, 1.82) is 0 Å². The predicted molar refractivity (Wildman–Crippen MR) is 65.5 cm³/mol. The van der Waals surface area contributed by atoms with E-state index < -0.39 is 0 Å². The van der Waals surface area contributed by atoms with Crippen LogP contribution in [-0.4, -0.2) is 22.9 Å². The van der Waals surface area contributed by atoms with Gasteiger partial charge in [0.1, 0.15) is 12.4 Å². The third-order valence-electron chi connectivity index (χ3n) is 2.78. The number of aldehydes is 1. The zero-order valence-corrected chi connectivity index (χ0v) is 10.3. The molecule has 0 fully saturated rings. The Bertz CT molecular complexity index is 621. The summed E-state index contributed by atoms with van der Waals surface area (Å²) in [5.74, 6) is 1.61. The van der Waals surface area contributed by atoms with Crippen LogP contribution in [0, 0.1) is 0 Å². The van der Waals surface area contributed by atoms with Crippen LogP contribution in [0.1, 0.15) is 16.1 Å². The van der Waals surface area contributed by atoms with E-state index in [1.165, 1.54) is 0 Å². The van der Waals surface area contributed by atoms with Gasteiger partial charge < -0.3 is 14.2 Å². The van der Waals surface area contributed by atoms with E-state index >= 15 is 0 Å². The maximum absolute atomic E-state index is 11.0. The first-order valence-electron chi connectivity index (χ1n) is 5.76. The topological polar surface area (TPSA) is 62.6 Å². The van der Waals surface area contributed by atoms with Crippen molar-refractivity contribution in [2.75, 3.05) is 6.79 Å². The second kappa shape index (κ2) is 4.64. The fourth-order valence-electron chi connectivity index (χ4n) is 1.85. The number of carbonyl (C=O) groups excluding carboxylic acids is 1. The number of aromatic nitrogens is 2. The van der Waals surface area contributed by atoms with Gasteiger partial charge in [-0.1, -0.05) is 0 Å². The largest absolute Gasteiger partial charge is 0.486 e. The van der Waals surface area contributed by atoms with E-state index in [1.54, 1.807) is 16.8 Å². The second-order valence-corrected chi connectivity index (χ2v) is 4.13. The normalized spacial score (nSPS) is 12.5. The van der Waals surface area contributed by atoms with Crippen LogP contribution >= 0.6 is 0 Å². The van der Waals surface area contributed by atoms with E-state index in [0.717, 1.165) is 12.0 Å². The molecule has 3 rings (SSSR count). The molecular weight excluding hydrogens is 248 g/mol. The highest BCUT2D eigenvalue weighted by molar-refractivity contribution is 5.81. The van der Waals surface area contributed by atoms with Gasteiger partial charge in [-0.25, -0.2) is 0 Å². The number of hydrogen-bond donors (Lipinski definition) is 0. The lowest BCUT2D eigenvalue weighted by Crippen LogP contribution is -2.00. The molecule has 2 aromatic rings. The van der Waals surface area contributed by atoms with Crippen molar-refractivity contribution in [1.82, 2.24) is 9.78 Å². The average molecular weight is 260 g/mol. The second-order valence-electron chi connectivity index (χ2n) is 4.13. The smallest absolute Gasteiger partial charge is 0.231 e. The number of nitrogens with zero attached hydrogens (tertiary/aromatic N) is 2. The van der Waals surface area contributed by atoms with Gasteiger partial charge in [0.25, 0.3) is 0 Å². The highest BCUT2D eigenvalue weighted by Gasteiger charge is 2.18. The average Bonchev–Trinajstić information content (AvgIpc) is 3.03. The molecule has 0 aliphatic carbocycles. The van der Waals surface area contributed by atoms with E-state index in [1.807, 2.05) is 19.3 Å². The van der Waals surface area contributed by atoms with Gasteiger partial charge in [0.15, 0.2) is 17.8 Å². The summed E-state index contributed by atoms with van der Waals surface area (Å²) in [5, 5.41) is 4.20. The number of ether oxygens (including phenoxy) is 3. The van der Waals surface area contributed by atoms with Gasteiger partial charge in [0, 0.05) is 19.3 Å². The number of fused-ring (bicyclic) bond motifs is 1. The van der Waals surface area contributed by atoms with E-state index in [9.17, 15) is 4.79 Å². The summed E-state index contributed by atoms with van der Waals surface area (Å²) in [6, 6.07) is 5.13. The minimum Gasteiger partial charge on any atom is -0.486 e. The minimum absolute atomic E-state index is 0.164. The van der Waals surface area contributed by atoms with Crippen LogP contribution in [0.2, 0.25) is 0 Å². The van der Waals surface area contributed by atoms with Crippen molar-refractivity contribution in [2.24, 2.45) is 7.05 Å². The number of hydrogen-bond acceptors (Lipinski definition) is 5. The molecule has 0 saturated carbocycles. The molecule has 0 atom stereocenters. The fraction of sp³-hybridized carbons (Fsp3) is 0.231. The highest BCUT2D eigenvalue weighted by Crippen LogP contribution is 2.37. The molecule has 1 aliphatic heterocycles. The molecule has 1 aliphatic rings. The van der Waals surface area contributed by atoms with Crippen LogP contribution in [-0.2, 0) is 13.7 Å². The lowest BCUT2D eigenvalue weighted by molar-refractivity contribution is 0.111. The number of benzene rings is 1. The Morgan fingerprint density at radius 2 is 2.21 bits per heavy atom. The van der Waals surface area contributed by atoms with Gasteiger partial charge in [0.2, 0.25) is 6.79 Å². The van der Waals surface area contributed by atoms with Gasteiger partial charge in [0.05, 0.1) is 11.3 Å². The van der Waals surface area contributed by atoms with E-state index in [-0.39, 0.29) is 6.79 Å². The Balaban J connectivity index is 1.81. The van der Waals surface area contributed by atoms with Crippen molar-refractivity contribution in [2.45, 2.75) is 6.61 Å². The Labute approximate surface area is 109 Å². The zero-order chi connectivity index (χ0) is 13.2. The van der Waals surface area contributed by atoms with E-state index in [4.69, 9.17) is 14.2 Å². The summed E-state index contributed by atoms with van der Waals surface area (Å²) in [6.07, 6.45) is 2.56. The first-order chi connectivity index (χ1) is 9.26. The summed E-state index contributed by atoms with van der Waals surface area (Å²) in [7, 11) is 1.83. The Kier molecular flexibility index (Phi) is 2.83. The molecule has 0 spiro atoms. The molecular formula is C13H12N2O4. The summed E-state index contributed by atoms with van der Waals surface area (Å²) in [5.41, 5.74) is 1.22. The fourth-order valence-corrected chi connectivity index (χ4v) is 1.85. The summed E-state index contributed by atoms with van der Waals surface area (Å²) in [6.45, 7) is 0.457. The van der Waals surface area contributed by atoms with Crippen LogP contribution in [0.25, 0.3) is 0 Å². The monoisotopic (exact) mass is 260 g/mol. The Morgan fingerprint density at radius 3 is 2.89 bits per heavy atom. The summed E-state index contributed by atoms with van der Waals surface area (Å²) < 4.78 is 17.8. The van der Waals surface area contributed by atoms with Gasteiger partial charge in [-0.2, -0.15) is 5.10 Å². The Hall–Kier alpha value is -2.50. The first kappa shape index (κ1) is 11.6. The molecule has 2 heterocycles. The summed E-state index contributed by atoms with van der Waals surface area (Å²) >= 11 is 0. The van der Waals surface area contributed by atoms with Crippen molar-refractivity contribution in [3.63, 3.8) is 0 Å². The van der Waals surface area contributed by atoms with Gasteiger partial charge >= 0.3 is 0 Å². The van der Waals surface area contributed by atoms with Crippen molar-refractivity contribution >= 4 is 6.29 Å². The van der Waals surface area contributed by atoms with E-state index in [2.05, 4.69) is 5.10 Å². The molecule has 1 aromatic heterocycles. The third kappa shape index (κ3) is 2.24. The molecule has 0 radical (unpaired) electrons. The maximum atomic E-state index is 11.0. The van der Waals surface area contributed by atoms with Crippen LogP contribution < -0.4 is 14.2 Å². The molecule has 6 nitrogen and oxygen atoms in total. The highest BCUT2D eigenvalue weighted by atomic mass is 16.7. The molecule has 0 saturated heterocycles. The standard InChI is InChI=1S/C13H12N2O4/c1-15-3-2-10(14-15)7-17-11-5-13-12(18-8-19-13)4-9(11)6-16/h2-6H,7-8H2,1H3. The molecule has 0 bridgehead atoms. The molecule has 0 amide bonds. The van der Waals surface area contributed by atoms with Crippen LogP contribution in [0.5, 0.6) is 17.2 Å². The summed E-state index contributed by atoms with van der Waals surface area (Å²) in [4.78, 5) is 11.0. The van der Waals surface area contributed by atoms with Gasteiger partial charge in [-0.05, 0) is 12.1 Å². The molecule has 6 heteroatoms. The molecule has 98 valence electrons. The number of aryl methyl sites for hydroxylation is 1. The van der Waals surface area contributed by atoms with Gasteiger partial charge in [-0.15, -0.1) is 0 Å². The maximum Gasteiger partial charge on any atom is 0.231 e. The van der Waals surface area contributed by atoms with Crippen LogP contribution in [0.3, 0.4) is 0 Å².